The van der Waals surface area contributed by atoms with Gasteiger partial charge in [-0.2, -0.15) is 11.8 Å². The maximum atomic E-state index is 13.2. The van der Waals surface area contributed by atoms with Crippen LogP contribution in [-0.4, -0.2) is 28.4 Å². The van der Waals surface area contributed by atoms with Crippen LogP contribution in [0.3, 0.4) is 0 Å². The number of nitro groups is 1. The Hall–Kier alpha value is -1.70. The number of amides is 1. The van der Waals surface area contributed by atoms with Crippen molar-refractivity contribution in [3.05, 3.63) is 39.4 Å². The maximum absolute atomic E-state index is 13.2. The molecule has 5 nitrogen and oxygen atoms in total. The molecule has 0 bridgehead atoms. The fourth-order valence-corrected chi connectivity index (χ4v) is 2.46. The normalized spacial score (nSPS) is 12.0. The fourth-order valence-electron chi connectivity index (χ4n) is 1.65. The number of rotatable bonds is 7. The van der Waals surface area contributed by atoms with Crippen LogP contribution in [0.2, 0.25) is 0 Å². The minimum absolute atomic E-state index is 0.218. The molecule has 0 aliphatic heterocycles. The van der Waals surface area contributed by atoms with Gasteiger partial charge >= 0.3 is 0 Å². The van der Waals surface area contributed by atoms with Gasteiger partial charge in [-0.25, -0.2) is 8.78 Å². The minimum atomic E-state index is -1.36. The lowest BCUT2D eigenvalue weighted by Gasteiger charge is -2.13. The largest absolute Gasteiger partial charge is 0.349 e. The van der Waals surface area contributed by atoms with Crippen molar-refractivity contribution < 1.29 is 18.5 Å². The molecule has 1 unspecified atom stereocenters. The Bertz CT molecular complexity index is 540. The third-order valence-corrected chi connectivity index (χ3v) is 3.69. The average Bonchev–Trinajstić information content (AvgIpc) is 2.41. The summed E-state index contributed by atoms with van der Waals surface area (Å²) in [5, 5.41) is 13.4. The molecule has 1 aromatic rings. The van der Waals surface area contributed by atoms with Gasteiger partial charge in [-0.15, -0.1) is 0 Å². The van der Waals surface area contributed by atoms with E-state index in [0.717, 1.165) is 11.5 Å². The Balaban J connectivity index is 2.86. The Kier molecular flexibility index (Phi) is 6.54. The van der Waals surface area contributed by atoms with E-state index in [4.69, 9.17) is 0 Å². The van der Waals surface area contributed by atoms with Crippen molar-refractivity contribution in [2.75, 3.05) is 11.5 Å². The Morgan fingerprint density at radius 2 is 2.05 bits per heavy atom. The highest BCUT2D eigenvalue weighted by molar-refractivity contribution is 7.99. The van der Waals surface area contributed by atoms with E-state index in [0.29, 0.717) is 18.6 Å². The lowest BCUT2D eigenvalue weighted by atomic mass is 10.1. The lowest BCUT2D eigenvalue weighted by molar-refractivity contribution is -0.385. The summed E-state index contributed by atoms with van der Waals surface area (Å²) in [6.07, 6.45) is 0.682. The molecule has 0 aliphatic rings. The van der Waals surface area contributed by atoms with Gasteiger partial charge in [-0.3, -0.25) is 14.9 Å². The fraction of sp³-hybridized carbons (Fsp3) is 0.462. The first-order valence-electron chi connectivity index (χ1n) is 6.38. The highest BCUT2D eigenvalue weighted by Gasteiger charge is 2.24. The number of carbonyl (C=O) groups excluding carboxylic acids is 1. The maximum Gasteiger partial charge on any atom is 0.285 e. The highest BCUT2D eigenvalue weighted by Crippen LogP contribution is 2.22. The molecule has 1 aromatic carbocycles. The molecule has 0 saturated carbocycles. The summed E-state index contributed by atoms with van der Waals surface area (Å²) in [6, 6.07) is 0.752. The molecule has 8 heteroatoms. The lowest BCUT2D eigenvalue weighted by Crippen LogP contribution is -2.33. The molecule has 21 heavy (non-hydrogen) atoms. The van der Waals surface area contributed by atoms with E-state index in [1.54, 1.807) is 18.7 Å². The molecule has 0 fully saturated rings. The van der Waals surface area contributed by atoms with Gasteiger partial charge in [0.1, 0.15) is 5.56 Å². The average molecular weight is 318 g/mol. The van der Waals surface area contributed by atoms with E-state index >= 15 is 0 Å². The number of nitro benzene ring substituents is 1. The highest BCUT2D eigenvalue weighted by atomic mass is 32.2. The van der Waals surface area contributed by atoms with Gasteiger partial charge in [0.2, 0.25) is 0 Å². The zero-order chi connectivity index (χ0) is 16.0. The number of thioether (sulfide) groups is 1. The van der Waals surface area contributed by atoms with Crippen LogP contribution >= 0.6 is 11.8 Å². The predicted octanol–water partition coefficient (Wildman–Crippen LogP) is 3.13. The first kappa shape index (κ1) is 17.4. The summed E-state index contributed by atoms with van der Waals surface area (Å²) in [7, 11) is 0. The Labute approximate surface area is 125 Å². The first-order chi connectivity index (χ1) is 9.86. The van der Waals surface area contributed by atoms with Crippen LogP contribution in [0.1, 0.15) is 30.6 Å². The van der Waals surface area contributed by atoms with Gasteiger partial charge < -0.3 is 5.32 Å². The predicted molar refractivity (Wildman–Crippen MR) is 77.6 cm³/mol. The zero-order valence-electron chi connectivity index (χ0n) is 11.7. The van der Waals surface area contributed by atoms with Crippen LogP contribution in [0.25, 0.3) is 0 Å². The molecule has 0 spiro atoms. The second kappa shape index (κ2) is 7.92. The molecule has 116 valence electrons. The van der Waals surface area contributed by atoms with Crippen LogP contribution in [0.15, 0.2) is 12.1 Å². The van der Waals surface area contributed by atoms with Gasteiger partial charge in [-0.1, -0.05) is 6.92 Å². The standard InChI is InChI=1S/C13H16F2N2O3S/c1-3-21-5-4-8(2)16-13(18)9-6-10(14)11(15)7-12(9)17(19)20/h6-8H,3-5H2,1-2H3,(H,16,18). The second-order valence-corrected chi connectivity index (χ2v) is 5.79. The van der Waals surface area contributed by atoms with Gasteiger partial charge in [-0.05, 0) is 30.9 Å². The van der Waals surface area contributed by atoms with E-state index in [-0.39, 0.29) is 6.04 Å². The van der Waals surface area contributed by atoms with Gasteiger partial charge in [0.05, 0.1) is 11.0 Å². The first-order valence-corrected chi connectivity index (χ1v) is 7.54. The Morgan fingerprint density at radius 1 is 1.43 bits per heavy atom. The van der Waals surface area contributed by atoms with Crippen LogP contribution < -0.4 is 5.32 Å². The van der Waals surface area contributed by atoms with Crippen molar-refractivity contribution >= 4 is 23.4 Å². The SMILES string of the molecule is CCSCCC(C)NC(=O)c1cc(F)c(F)cc1[N+](=O)[O-]. The smallest absolute Gasteiger partial charge is 0.285 e. The quantitative estimate of drug-likeness (QED) is 0.476. The van der Waals surface area contributed by atoms with Crippen LogP contribution in [0.5, 0.6) is 0 Å². The van der Waals surface area contributed by atoms with E-state index in [1.807, 2.05) is 6.92 Å². The van der Waals surface area contributed by atoms with Crippen molar-refractivity contribution in [1.29, 1.82) is 0 Å². The Morgan fingerprint density at radius 3 is 2.62 bits per heavy atom. The molecular formula is C13H16F2N2O3S. The molecule has 0 radical (unpaired) electrons. The molecule has 1 N–H and O–H groups in total. The van der Waals surface area contributed by atoms with Crippen molar-refractivity contribution in [2.45, 2.75) is 26.3 Å². The van der Waals surface area contributed by atoms with E-state index in [2.05, 4.69) is 5.32 Å². The molecule has 1 amide bonds. The summed E-state index contributed by atoms with van der Waals surface area (Å²) < 4.78 is 26.2. The van der Waals surface area contributed by atoms with Gasteiger partial charge in [0, 0.05) is 6.04 Å². The number of hydrogen-bond donors (Lipinski definition) is 1. The topological polar surface area (TPSA) is 72.2 Å². The summed E-state index contributed by atoms with van der Waals surface area (Å²) in [6.45, 7) is 3.76. The monoisotopic (exact) mass is 318 g/mol. The molecular weight excluding hydrogens is 302 g/mol. The minimum Gasteiger partial charge on any atom is -0.349 e. The van der Waals surface area contributed by atoms with Crippen molar-refractivity contribution in [1.82, 2.24) is 5.32 Å². The summed E-state index contributed by atoms with van der Waals surface area (Å²) in [5.41, 5.74) is -1.23. The van der Waals surface area contributed by atoms with Gasteiger partial charge in [0.25, 0.3) is 11.6 Å². The van der Waals surface area contributed by atoms with Crippen LogP contribution in [-0.2, 0) is 0 Å². The molecule has 1 rings (SSSR count). The summed E-state index contributed by atoms with van der Waals surface area (Å²) in [5.74, 6) is -1.65. The number of nitrogens with zero attached hydrogens (tertiary/aromatic N) is 1. The van der Waals surface area contributed by atoms with Crippen molar-refractivity contribution in [3.8, 4) is 0 Å². The summed E-state index contributed by atoms with van der Waals surface area (Å²) in [4.78, 5) is 21.9. The number of halogens is 2. The molecule has 1 atom stereocenters. The van der Waals surface area contributed by atoms with Crippen LogP contribution in [0, 0.1) is 21.7 Å². The molecule has 0 saturated heterocycles. The number of hydrogen-bond acceptors (Lipinski definition) is 4. The molecule has 0 aromatic heterocycles. The van der Waals surface area contributed by atoms with Gasteiger partial charge in [0.15, 0.2) is 11.6 Å². The third kappa shape index (κ3) is 4.96. The van der Waals surface area contributed by atoms with Crippen molar-refractivity contribution in [3.63, 3.8) is 0 Å². The van der Waals surface area contributed by atoms with E-state index < -0.39 is 33.7 Å². The number of carbonyl (C=O) groups is 1. The summed E-state index contributed by atoms with van der Waals surface area (Å²) >= 11 is 1.70. The third-order valence-electron chi connectivity index (χ3n) is 2.76. The van der Waals surface area contributed by atoms with E-state index in [1.165, 1.54) is 0 Å². The zero-order valence-corrected chi connectivity index (χ0v) is 12.5. The van der Waals surface area contributed by atoms with Crippen LogP contribution in [0.4, 0.5) is 14.5 Å². The number of benzene rings is 1. The number of nitrogens with one attached hydrogen (secondary N) is 1. The van der Waals surface area contributed by atoms with E-state index in [9.17, 15) is 23.7 Å². The van der Waals surface area contributed by atoms with Crippen molar-refractivity contribution in [2.24, 2.45) is 0 Å². The second-order valence-electron chi connectivity index (χ2n) is 4.40. The molecule has 0 aliphatic carbocycles. The molecule has 0 heterocycles.